The normalized spacial score (nSPS) is 11.1. The van der Waals surface area contributed by atoms with Crippen molar-refractivity contribution in [3.63, 3.8) is 0 Å². The van der Waals surface area contributed by atoms with Gasteiger partial charge in [-0.3, -0.25) is 4.79 Å². The summed E-state index contributed by atoms with van der Waals surface area (Å²) in [6.07, 6.45) is 11.4. The molecule has 196 valence electrons. The Balaban J connectivity index is 1.86. The molecule has 3 aromatic rings. The van der Waals surface area contributed by atoms with Gasteiger partial charge in [0.25, 0.3) is 5.56 Å². The highest BCUT2D eigenvalue weighted by atomic mass is 16.5. The monoisotopic (exact) mass is 493 g/mol. The summed E-state index contributed by atoms with van der Waals surface area (Å²) in [5.74, 6) is 1.57. The van der Waals surface area contributed by atoms with Crippen molar-refractivity contribution in [3.8, 4) is 17.2 Å². The Bertz CT molecular complexity index is 1110. The summed E-state index contributed by atoms with van der Waals surface area (Å²) in [5.41, 5.74) is 1.80. The fraction of sp³-hybridized carbons (Fsp3) is 0.516. The Morgan fingerprint density at radius 1 is 0.750 bits per heavy atom. The number of aryl methyl sites for hydroxylation is 1. The lowest BCUT2D eigenvalue weighted by Crippen LogP contribution is -2.24. The van der Waals surface area contributed by atoms with Gasteiger partial charge in [-0.05, 0) is 30.5 Å². The van der Waals surface area contributed by atoms with Crippen molar-refractivity contribution in [1.29, 1.82) is 0 Å². The van der Waals surface area contributed by atoms with Gasteiger partial charge in [0.15, 0.2) is 5.75 Å². The van der Waals surface area contributed by atoms with E-state index in [1.54, 1.807) is 7.11 Å². The second-order valence-electron chi connectivity index (χ2n) is 9.45. The molecule has 1 heterocycles. The lowest BCUT2D eigenvalue weighted by Gasteiger charge is -2.18. The highest BCUT2D eigenvalue weighted by molar-refractivity contribution is 5.89. The fourth-order valence-electron chi connectivity index (χ4n) is 4.51. The minimum absolute atomic E-state index is 0.123. The van der Waals surface area contributed by atoms with E-state index >= 15 is 0 Å². The summed E-state index contributed by atoms with van der Waals surface area (Å²) in [7, 11) is 1.61. The van der Waals surface area contributed by atoms with Crippen molar-refractivity contribution in [2.24, 2.45) is 0 Å². The van der Waals surface area contributed by atoms with Crippen LogP contribution in [0.3, 0.4) is 0 Å². The molecule has 3 rings (SSSR count). The number of methoxy groups -OCH3 is 1. The third kappa shape index (κ3) is 7.78. The van der Waals surface area contributed by atoms with Crippen molar-refractivity contribution >= 4 is 10.9 Å². The van der Waals surface area contributed by atoms with Crippen molar-refractivity contribution in [1.82, 2.24) is 4.57 Å². The van der Waals surface area contributed by atoms with Crippen LogP contribution >= 0.6 is 0 Å². The largest absolute Gasteiger partial charge is 0.492 e. The SMILES string of the molecule is CCCCCCCCOc1c(OC)c2ccc(OCc3ccccc3)cc2n(CCCCCC)c1=O. The van der Waals surface area contributed by atoms with Crippen LogP contribution in [-0.4, -0.2) is 18.3 Å². The van der Waals surface area contributed by atoms with Gasteiger partial charge in [0.2, 0.25) is 5.75 Å². The summed E-state index contributed by atoms with van der Waals surface area (Å²) in [5, 5.41) is 0.873. The Labute approximate surface area is 216 Å². The highest BCUT2D eigenvalue weighted by Gasteiger charge is 2.19. The summed E-state index contributed by atoms with van der Waals surface area (Å²) in [6.45, 7) is 6.07. The number of benzene rings is 2. The maximum Gasteiger partial charge on any atom is 0.297 e. The second kappa shape index (κ2) is 15.2. The molecule has 0 fully saturated rings. The van der Waals surface area contributed by atoms with E-state index in [9.17, 15) is 4.79 Å². The maximum atomic E-state index is 13.6. The van der Waals surface area contributed by atoms with Gasteiger partial charge in [0.1, 0.15) is 12.4 Å². The first-order valence-electron chi connectivity index (χ1n) is 13.7. The molecule has 0 unspecified atom stereocenters. The summed E-state index contributed by atoms with van der Waals surface area (Å²) in [4.78, 5) is 13.6. The molecule has 0 saturated carbocycles. The van der Waals surface area contributed by atoms with E-state index < -0.39 is 0 Å². The van der Waals surface area contributed by atoms with Gasteiger partial charge >= 0.3 is 0 Å². The van der Waals surface area contributed by atoms with Crippen LogP contribution in [0.25, 0.3) is 10.9 Å². The van der Waals surface area contributed by atoms with Gasteiger partial charge in [-0.15, -0.1) is 0 Å². The van der Waals surface area contributed by atoms with E-state index in [0.29, 0.717) is 31.3 Å². The molecule has 0 bridgehead atoms. The first-order chi connectivity index (χ1) is 17.7. The van der Waals surface area contributed by atoms with E-state index in [4.69, 9.17) is 14.2 Å². The first kappa shape index (κ1) is 27.6. The van der Waals surface area contributed by atoms with Crippen molar-refractivity contribution in [2.45, 2.75) is 91.2 Å². The first-order valence-corrected chi connectivity index (χ1v) is 13.7. The number of fused-ring (bicyclic) bond motifs is 1. The van der Waals surface area contributed by atoms with E-state index in [2.05, 4.69) is 13.8 Å². The van der Waals surface area contributed by atoms with Crippen LogP contribution in [0.2, 0.25) is 0 Å². The van der Waals surface area contributed by atoms with E-state index in [-0.39, 0.29) is 5.56 Å². The molecule has 0 saturated heterocycles. The zero-order chi connectivity index (χ0) is 25.6. The van der Waals surface area contributed by atoms with Gasteiger partial charge < -0.3 is 18.8 Å². The van der Waals surface area contributed by atoms with Crippen LogP contribution in [0.15, 0.2) is 53.3 Å². The lowest BCUT2D eigenvalue weighted by atomic mass is 10.1. The number of hydrogen-bond donors (Lipinski definition) is 0. The minimum atomic E-state index is -0.123. The van der Waals surface area contributed by atoms with Crippen LogP contribution in [0.4, 0.5) is 0 Å². The molecule has 5 heteroatoms. The average molecular weight is 494 g/mol. The maximum absolute atomic E-state index is 13.6. The summed E-state index contributed by atoms with van der Waals surface area (Å²) < 4.78 is 19.7. The molecule has 1 aromatic heterocycles. The molecule has 0 aliphatic rings. The molecule has 2 aromatic carbocycles. The Morgan fingerprint density at radius 3 is 2.17 bits per heavy atom. The Kier molecular flexibility index (Phi) is 11.7. The molecule has 0 aliphatic carbocycles. The Morgan fingerprint density at radius 2 is 1.44 bits per heavy atom. The fourth-order valence-corrected chi connectivity index (χ4v) is 4.51. The molecule has 0 atom stereocenters. The number of rotatable bonds is 17. The predicted octanol–water partition coefficient (Wildman–Crippen LogP) is 7.91. The van der Waals surface area contributed by atoms with Gasteiger partial charge in [-0.1, -0.05) is 95.5 Å². The predicted molar refractivity (Wildman–Crippen MR) is 149 cm³/mol. The molecule has 5 nitrogen and oxygen atoms in total. The number of nitrogens with zero attached hydrogens (tertiary/aromatic N) is 1. The van der Waals surface area contributed by atoms with Gasteiger partial charge in [0, 0.05) is 18.0 Å². The van der Waals surface area contributed by atoms with Crippen molar-refractivity contribution in [2.75, 3.05) is 13.7 Å². The summed E-state index contributed by atoms with van der Waals surface area (Å²) in [6, 6.07) is 16.0. The minimum Gasteiger partial charge on any atom is -0.492 e. The third-order valence-corrected chi connectivity index (χ3v) is 6.58. The average Bonchev–Trinajstić information content (AvgIpc) is 2.91. The van der Waals surface area contributed by atoms with Crippen LogP contribution in [-0.2, 0) is 13.2 Å². The number of aromatic nitrogens is 1. The van der Waals surface area contributed by atoms with E-state index in [0.717, 1.165) is 60.7 Å². The van der Waals surface area contributed by atoms with Crippen LogP contribution in [0.1, 0.15) is 83.6 Å². The molecule has 0 N–H and O–H groups in total. The molecule has 0 aliphatic heterocycles. The quantitative estimate of drug-likeness (QED) is 0.179. The Hall–Kier alpha value is -2.95. The van der Waals surface area contributed by atoms with Gasteiger partial charge in [-0.2, -0.15) is 0 Å². The zero-order valence-electron chi connectivity index (χ0n) is 22.4. The van der Waals surface area contributed by atoms with E-state index in [1.165, 1.54) is 25.7 Å². The smallest absolute Gasteiger partial charge is 0.297 e. The topological polar surface area (TPSA) is 49.7 Å². The number of ether oxygens (including phenoxy) is 3. The highest BCUT2D eigenvalue weighted by Crippen LogP contribution is 2.35. The molecule has 0 radical (unpaired) electrons. The van der Waals surface area contributed by atoms with Crippen LogP contribution < -0.4 is 19.8 Å². The number of unbranched alkanes of at least 4 members (excludes halogenated alkanes) is 8. The van der Waals surface area contributed by atoms with Gasteiger partial charge in [-0.25, -0.2) is 0 Å². The molecule has 0 amide bonds. The zero-order valence-corrected chi connectivity index (χ0v) is 22.4. The van der Waals surface area contributed by atoms with E-state index in [1.807, 2.05) is 53.1 Å². The second-order valence-corrected chi connectivity index (χ2v) is 9.45. The van der Waals surface area contributed by atoms with Crippen molar-refractivity contribution < 1.29 is 14.2 Å². The molecular formula is C31H43NO4. The van der Waals surface area contributed by atoms with Crippen LogP contribution in [0.5, 0.6) is 17.2 Å². The molecule has 0 spiro atoms. The molecular weight excluding hydrogens is 450 g/mol. The lowest BCUT2D eigenvalue weighted by molar-refractivity contribution is 0.279. The summed E-state index contributed by atoms with van der Waals surface area (Å²) >= 11 is 0. The van der Waals surface area contributed by atoms with Crippen molar-refractivity contribution in [3.05, 3.63) is 64.4 Å². The number of hydrogen-bond acceptors (Lipinski definition) is 4. The standard InChI is InChI=1S/C31H43NO4/c1-4-6-8-10-11-16-22-35-30-29(34-3)27-20-19-26(36-24-25-17-13-12-14-18-25)23-28(27)32(31(30)33)21-15-9-7-5-2/h12-14,17-20,23H,4-11,15-16,21-22,24H2,1-3H3. The molecule has 36 heavy (non-hydrogen) atoms. The van der Waals surface area contributed by atoms with Gasteiger partial charge in [0.05, 0.1) is 19.2 Å². The van der Waals surface area contributed by atoms with Crippen LogP contribution in [0, 0.1) is 0 Å². The third-order valence-electron chi connectivity index (χ3n) is 6.58. The number of pyridine rings is 1.